The number of benzene rings is 2. The minimum atomic E-state index is 0.925. The highest BCUT2D eigenvalue weighted by atomic mass is 14.7. The topological polar surface area (TPSA) is 25.8 Å². The fraction of sp³-hybridized carbons (Fsp3) is 0. The van der Waals surface area contributed by atoms with Gasteiger partial charge in [-0.25, -0.2) is 0 Å². The molecule has 0 bridgehead atoms. The molecule has 0 amide bonds. The van der Waals surface area contributed by atoms with Crippen molar-refractivity contribution in [1.82, 2.24) is 9.97 Å². The van der Waals surface area contributed by atoms with Gasteiger partial charge in [0.15, 0.2) is 0 Å². The molecule has 4 aromatic rings. The van der Waals surface area contributed by atoms with Gasteiger partial charge >= 0.3 is 0 Å². The Bertz CT molecular complexity index is 972. The Morgan fingerprint density at radius 3 is 2.41 bits per heavy atom. The lowest BCUT2D eigenvalue weighted by Crippen LogP contribution is -1.87. The van der Waals surface area contributed by atoms with Gasteiger partial charge in [0, 0.05) is 17.0 Å². The van der Waals surface area contributed by atoms with Gasteiger partial charge in [-0.05, 0) is 23.3 Å². The quantitative estimate of drug-likeness (QED) is 0.486. The molecule has 2 aromatic heterocycles. The van der Waals surface area contributed by atoms with Gasteiger partial charge in [0.2, 0.25) is 0 Å². The van der Waals surface area contributed by atoms with Crippen molar-refractivity contribution in [3.8, 4) is 0 Å². The van der Waals surface area contributed by atoms with Gasteiger partial charge in [-0.2, -0.15) is 0 Å². The Morgan fingerprint density at radius 1 is 0.682 bits per heavy atom. The molecule has 4 rings (SSSR count). The summed E-state index contributed by atoms with van der Waals surface area (Å²) in [5, 5.41) is 2.29. The SMILES string of the molecule is C(=C\c1ccnc2cnc3ccccc3c12)/c1ccccc1. The monoisotopic (exact) mass is 282 g/mol. The zero-order chi connectivity index (χ0) is 14.8. The number of hydrogen-bond acceptors (Lipinski definition) is 2. The Kier molecular flexibility index (Phi) is 3.13. The molecule has 0 saturated heterocycles. The number of para-hydroxylation sites is 1. The molecular formula is C20H14N2. The number of nitrogens with zero attached hydrogens (tertiary/aromatic N) is 2. The lowest BCUT2D eigenvalue weighted by atomic mass is 10.0. The van der Waals surface area contributed by atoms with Crippen LogP contribution in [0.4, 0.5) is 0 Å². The third-order valence-corrected chi connectivity index (χ3v) is 3.77. The van der Waals surface area contributed by atoms with Gasteiger partial charge < -0.3 is 0 Å². The zero-order valence-corrected chi connectivity index (χ0v) is 12.0. The van der Waals surface area contributed by atoms with Gasteiger partial charge in [-0.15, -0.1) is 0 Å². The largest absolute Gasteiger partial charge is 0.255 e. The maximum absolute atomic E-state index is 4.48. The number of hydrogen-bond donors (Lipinski definition) is 0. The van der Waals surface area contributed by atoms with E-state index in [4.69, 9.17) is 0 Å². The van der Waals surface area contributed by atoms with E-state index in [1.165, 1.54) is 5.56 Å². The summed E-state index contributed by atoms with van der Waals surface area (Å²) in [5.41, 5.74) is 4.27. The number of pyridine rings is 2. The third-order valence-electron chi connectivity index (χ3n) is 3.77. The molecule has 2 nitrogen and oxygen atoms in total. The molecule has 2 heteroatoms. The third kappa shape index (κ3) is 2.25. The standard InChI is InChI=1S/C20H14N2/c1-2-6-15(7-3-1)10-11-16-12-13-21-19-14-22-18-9-5-4-8-17(18)20(16)19/h1-14H/b11-10+. The summed E-state index contributed by atoms with van der Waals surface area (Å²) in [5.74, 6) is 0. The first-order valence-electron chi connectivity index (χ1n) is 7.27. The first-order valence-corrected chi connectivity index (χ1v) is 7.27. The van der Waals surface area contributed by atoms with Gasteiger partial charge in [-0.3, -0.25) is 9.97 Å². The zero-order valence-electron chi connectivity index (χ0n) is 12.0. The van der Waals surface area contributed by atoms with Crippen molar-refractivity contribution in [2.45, 2.75) is 0 Å². The van der Waals surface area contributed by atoms with Crippen LogP contribution < -0.4 is 0 Å². The molecule has 0 N–H and O–H groups in total. The maximum atomic E-state index is 4.48. The molecule has 0 radical (unpaired) electrons. The predicted octanol–water partition coefficient (Wildman–Crippen LogP) is 4.95. The van der Waals surface area contributed by atoms with E-state index in [1.807, 2.05) is 54.9 Å². The van der Waals surface area contributed by atoms with E-state index in [9.17, 15) is 0 Å². The van der Waals surface area contributed by atoms with Crippen LogP contribution in [0.3, 0.4) is 0 Å². The molecule has 2 aromatic carbocycles. The number of rotatable bonds is 2. The summed E-state index contributed by atoms with van der Waals surface area (Å²) in [4.78, 5) is 8.93. The van der Waals surface area contributed by atoms with Gasteiger partial charge in [0.05, 0.1) is 17.2 Å². The van der Waals surface area contributed by atoms with Crippen molar-refractivity contribution >= 4 is 34.0 Å². The highest BCUT2D eigenvalue weighted by Gasteiger charge is 2.05. The summed E-state index contributed by atoms with van der Waals surface area (Å²) in [6, 6.07) is 20.6. The lowest BCUT2D eigenvalue weighted by Gasteiger charge is -2.05. The van der Waals surface area contributed by atoms with E-state index in [2.05, 4.69) is 40.3 Å². The van der Waals surface area contributed by atoms with Gasteiger partial charge in [0.25, 0.3) is 0 Å². The predicted molar refractivity (Wildman–Crippen MR) is 92.4 cm³/mol. The Labute approximate surface area is 128 Å². The number of fused-ring (bicyclic) bond motifs is 3. The Balaban J connectivity index is 1.94. The van der Waals surface area contributed by atoms with Crippen molar-refractivity contribution in [1.29, 1.82) is 0 Å². The highest BCUT2D eigenvalue weighted by molar-refractivity contribution is 6.08. The summed E-state index contributed by atoms with van der Waals surface area (Å²) in [6.07, 6.45) is 7.96. The molecule has 0 atom stereocenters. The van der Waals surface area contributed by atoms with Crippen LogP contribution in [0.2, 0.25) is 0 Å². The molecule has 22 heavy (non-hydrogen) atoms. The average molecular weight is 282 g/mol. The average Bonchev–Trinajstić information content (AvgIpc) is 2.60. The highest BCUT2D eigenvalue weighted by Crippen LogP contribution is 2.26. The van der Waals surface area contributed by atoms with Crippen LogP contribution in [0.25, 0.3) is 34.0 Å². The van der Waals surface area contributed by atoms with Crippen LogP contribution in [-0.2, 0) is 0 Å². The molecular weight excluding hydrogens is 268 g/mol. The van der Waals surface area contributed by atoms with Crippen LogP contribution in [0.15, 0.2) is 73.1 Å². The summed E-state index contributed by atoms with van der Waals surface area (Å²) in [7, 11) is 0. The molecule has 0 aliphatic heterocycles. The maximum Gasteiger partial charge on any atom is 0.0897 e. The Morgan fingerprint density at radius 2 is 1.50 bits per heavy atom. The minimum Gasteiger partial charge on any atom is -0.255 e. The van der Waals surface area contributed by atoms with Crippen LogP contribution in [0.5, 0.6) is 0 Å². The van der Waals surface area contributed by atoms with E-state index >= 15 is 0 Å². The fourth-order valence-electron chi connectivity index (χ4n) is 2.70. The van der Waals surface area contributed by atoms with Crippen molar-refractivity contribution in [2.75, 3.05) is 0 Å². The van der Waals surface area contributed by atoms with Crippen molar-refractivity contribution in [3.63, 3.8) is 0 Å². The molecule has 0 saturated carbocycles. The fourth-order valence-corrected chi connectivity index (χ4v) is 2.70. The summed E-state index contributed by atoms with van der Waals surface area (Å²) >= 11 is 0. The second kappa shape index (κ2) is 5.41. The first-order chi connectivity index (χ1) is 10.9. The van der Waals surface area contributed by atoms with Gasteiger partial charge in [-0.1, -0.05) is 60.7 Å². The molecule has 2 heterocycles. The second-order valence-corrected chi connectivity index (χ2v) is 5.18. The Hall–Kier alpha value is -3.00. The van der Waals surface area contributed by atoms with Crippen LogP contribution in [0.1, 0.15) is 11.1 Å². The van der Waals surface area contributed by atoms with Crippen molar-refractivity contribution in [3.05, 3.63) is 84.2 Å². The van der Waals surface area contributed by atoms with E-state index in [0.29, 0.717) is 0 Å². The van der Waals surface area contributed by atoms with Crippen LogP contribution in [-0.4, -0.2) is 9.97 Å². The normalized spacial score (nSPS) is 11.5. The number of aromatic nitrogens is 2. The smallest absolute Gasteiger partial charge is 0.0897 e. The molecule has 0 aliphatic carbocycles. The van der Waals surface area contributed by atoms with E-state index in [1.54, 1.807) is 0 Å². The van der Waals surface area contributed by atoms with Crippen molar-refractivity contribution in [2.24, 2.45) is 0 Å². The molecule has 0 unspecified atom stereocenters. The van der Waals surface area contributed by atoms with E-state index in [-0.39, 0.29) is 0 Å². The van der Waals surface area contributed by atoms with Crippen LogP contribution in [0, 0.1) is 0 Å². The molecule has 0 fully saturated rings. The summed E-state index contributed by atoms with van der Waals surface area (Å²) < 4.78 is 0. The molecule has 0 aliphatic rings. The molecule has 104 valence electrons. The van der Waals surface area contributed by atoms with Gasteiger partial charge in [0.1, 0.15) is 0 Å². The van der Waals surface area contributed by atoms with Crippen molar-refractivity contribution < 1.29 is 0 Å². The lowest BCUT2D eigenvalue weighted by molar-refractivity contribution is 1.35. The molecule has 0 spiro atoms. The van der Waals surface area contributed by atoms with E-state index in [0.717, 1.165) is 27.4 Å². The second-order valence-electron chi connectivity index (χ2n) is 5.18. The summed E-state index contributed by atoms with van der Waals surface area (Å²) in [6.45, 7) is 0. The van der Waals surface area contributed by atoms with E-state index < -0.39 is 0 Å². The minimum absolute atomic E-state index is 0.925. The van der Waals surface area contributed by atoms with Crippen LogP contribution >= 0.6 is 0 Å². The first kappa shape index (κ1) is 12.7.